The van der Waals surface area contributed by atoms with Gasteiger partial charge in [-0.1, -0.05) is 20.8 Å². The van der Waals surface area contributed by atoms with Crippen molar-refractivity contribution < 1.29 is 17.6 Å². The van der Waals surface area contributed by atoms with Gasteiger partial charge in [0.25, 0.3) is 0 Å². The minimum Gasteiger partial charge on any atom is -0.286 e. The molecule has 0 unspecified atom stereocenters. The second kappa shape index (κ2) is 3.84. The maximum absolute atomic E-state index is 13.1. The number of likely N-dealkylation sites (tertiary alicyclic amines) is 1. The fourth-order valence-electron chi connectivity index (χ4n) is 2.60. The predicted molar refractivity (Wildman–Crippen MR) is 59.6 cm³/mol. The van der Waals surface area contributed by atoms with Crippen LogP contribution in [0.1, 0.15) is 41.0 Å². The Kier molecular flexibility index (Phi) is 3.33. The van der Waals surface area contributed by atoms with E-state index in [2.05, 4.69) is 0 Å². The van der Waals surface area contributed by atoms with Crippen molar-refractivity contribution in [3.05, 3.63) is 0 Å². The van der Waals surface area contributed by atoms with Gasteiger partial charge in [-0.2, -0.15) is 17.6 Å². The summed E-state index contributed by atoms with van der Waals surface area (Å²) < 4.78 is 52.6. The molecule has 1 heterocycles. The molecule has 0 amide bonds. The lowest BCUT2D eigenvalue weighted by Gasteiger charge is -2.39. The van der Waals surface area contributed by atoms with Crippen molar-refractivity contribution in [3.8, 4) is 0 Å². The van der Waals surface area contributed by atoms with E-state index in [4.69, 9.17) is 0 Å². The van der Waals surface area contributed by atoms with Crippen LogP contribution in [-0.2, 0) is 0 Å². The molecule has 1 nitrogen and oxygen atoms in total. The van der Waals surface area contributed by atoms with E-state index in [1.54, 1.807) is 13.8 Å². The number of rotatable bonds is 2. The summed E-state index contributed by atoms with van der Waals surface area (Å²) in [4.78, 5) is 1.21. The van der Waals surface area contributed by atoms with E-state index in [0.717, 1.165) is 0 Å². The van der Waals surface area contributed by atoms with Crippen LogP contribution in [0, 0.1) is 5.41 Å². The van der Waals surface area contributed by atoms with Gasteiger partial charge in [0.15, 0.2) is 0 Å². The Morgan fingerprint density at radius 1 is 0.882 bits per heavy atom. The van der Waals surface area contributed by atoms with E-state index in [-0.39, 0.29) is 5.41 Å². The van der Waals surface area contributed by atoms with Crippen LogP contribution in [0.4, 0.5) is 17.6 Å². The normalized spacial score (nSPS) is 25.2. The van der Waals surface area contributed by atoms with Crippen LogP contribution < -0.4 is 0 Å². The van der Waals surface area contributed by atoms with E-state index in [0.29, 0.717) is 6.42 Å². The van der Waals surface area contributed by atoms with Crippen molar-refractivity contribution in [2.45, 2.75) is 58.4 Å². The van der Waals surface area contributed by atoms with Crippen LogP contribution in [0.25, 0.3) is 0 Å². The highest BCUT2D eigenvalue weighted by molar-refractivity contribution is 5.02. The zero-order valence-corrected chi connectivity index (χ0v) is 11.1. The monoisotopic (exact) mass is 255 g/mol. The van der Waals surface area contributed by atoms with E-state index in [1.165, 1.54) is 4.90 Å². The van der Waals surface area contributed by atoms with Gasteiger partial charge in [0.1, 0.15) is 0 Å². The lowest BCUT2D eigenvalue weighted by molar-refractivity contribution is -0.172. The van der Waals surface area contributed by atoms with Gasteiger partial charge in [0, 0.05) is 5.54 Å². The highest BCUT2D eigenvalue weighted by Gasteiger charge is 2.64. The molecule has 0 spiro atoms. The van der Waals surface area contributed by atoms with Crippen molar-refractivity contribution in [1.82, 2.24) is 4.90 Å². The first-order valence-electron chi connectivity index (χ1n) is 5.78. The average molecular weight is 255 g/mol. The van der Waals surface area contributed by atoms with Gasteiger partial charge in [-0.25, -0.2) is 0 Å². The SMILES string of the molecule is CC(C)(C)CC(C)(C)N1CC(F)(F)C(F)(F)C1. The lowest BCUT2D eigenvalue weighted by atomic mass is 9.81. The Bertz CT molecular complexity index is 275. The van der Waals surface area contributed by atoms with Gasteiger partial charge in [-0.3, -0.25) is 4.90 Å². The summed E-state index contributed by atoms with van der Waals surface area (Å²) in [6.45, 7) is 7.70. The smallest absolute Gasteiger partial charge is 0.286 e. The Labute approximate surface area is 100 Å². The molecule has 0 N–H and O–H groups in total. The van der Waals surface area contributed by atoms with Crippen LogP contribution in [0.5, 0.6) is 0 Å². The second-order valence-corrected chi connectivity index (χ2v) is 6.81. The van der Waals surface area contributed by atoms with E-state index < -0.39 is 30.5 Å². The van der Waals surface area contributed by atoms with Crippen LogP contribution in [0.3, 0.4) is 0 Å². The predicted octanol–water partition coefficient (Wildman–Crippen LogP) is 3.79. The van der Waals surface area contributed by atoms with Crippen molar-refractivity contribution in [2.24, 2.45) is 5.41 Å². The fourth-order valence-corrected chi connectivity index (χ4v) is 2.60. The van der Waals surface area contributed by atoms with Gasteiger partial charge in [-0.05, 0) is 25.7 Å². The lowest BCUT2D eigenvalue weighted by Crippen LogP contribution is -2.46. The van der Waals surface area contributed by atoms with Gasteiger partial charge < -0.3 is 0 Å². The highest BCUT2D eigenvalue weighted by Crippen LogP contribution is 2.45. The Hall–Kier alpha value is -0.320. The summed E-state index contributed by atoms with van der Waals surface area (Å²) >= 11 is 0. The number of hydrogen-bond donors (Lipinski definition) is 0. The first-order valence-corrected chi connectivity index (χ1v) is 5.78. The Morgan fingerprint density at radius 2 is 1.24 bits per heavy atom. The zero-order chi connectivity index (χ0) is 13.7. The fraction of sp³-hybridized carbons (Fsp3) is 1.00. The molecule has 1 fully saturated rings. The van der Waals surface area contributed by atoms with Gasteiger partial charge in [-0.15, -0.1) is 0 Å². The third kappa shape index (κ3) is 3.12. The maximum atomic E-state index is 13.1. The molecule has 1 rings (SSSR count). The van der Waals surface area contributed by atoms with Gasteiger partial charge >= 0.3 is 11.8 Å². The van der Waals surface area contributed by atoms with Crippen molar-refractivity contribution in [2.75, 3.05) is 13.1 Å². The van der Waals surface area contributed by atoms with Crippen LogP contribution in [-0.4, -0.2) is 35.4 Å². The molecule has 0 bridgehead atoms. The summed E-state index contributed by atoms with van der Waals surface area (Å²) in [6, 6.07) is 0. The summed E-state index contributed by atoms with van der Waals surface area (Å²) in [5, 5.41) is 0. The van der Waals surface area contributed by atoms with Crippen molar-refractivity contribution in [3.63, 3.8) is 0 Å². The summed E-state index contributed by atoms with van der Waals surface area (Å²) in [5.74, 6) is -7.83. The molecule has 0 saturated carbocycles. The van der Waals surface area contributed by atoms with Crippen molar-refractivity contribution in [1.29, 1.82) is 0 Å². The standard InChI is InChI=1S/C12H21F4N/c1-9(2,3)6-10(4,5)17-7-11(13,14)12(15,16)8-17/h6-8H2,1-5H3. The molecule has 17 heavy (non-hydrogen) atoms. The molecule has 1 saturated heterocycles. The maximum Gasteiger partial charge on any atom is 0.323 e. The zero-order valence-electron chi connectivity index (χ0n) is 11.1. The number of halogens is 4. The summed E-state index contributed by atoms with van der Waals surface area (Å²) in [5.41, 5.74) is -0.738. The largest absolute Gasteiger partial charge is 0.323 e. The molecular formula is C12H21F4N. The highest BCUT2D eigenvalue weighted by atomic mass is 19.3. The third-order valence-electron chi connectivity index (χ3n) is 3.13. The second-order valence-electron chi connectivity index (χ2n) is 6.81. The van der Waals surface area contributed by atoms with Gasteiger partial charge in [0.05, 0.1) is 13.1 Å². The Morgan fingerprint density at radius 3 is 1.53 bits per heavy atom. The van der Waals surface area contributed by atoms with Crippen molar-refractivity contribution >= 4 is 0 Å². The summed E-state index contributed by atoms with van der Waals surface area (Å²) in [7, 11) is 0. The molecule has 0 aromatic rings. The minimum absolute atomic E-state index is 0.0866. The first kappa shape index (κ1) is 14.7. The molecule has 0 aliphatic carbocycles. The first-order chi connectivity index (χ1) is 7.27. The average Bonchev–Trinajstić information content (AvgIpc) is 2.16. The van der Waals surface area contributed by atoms with Crippen LogP contribution >= 0.6 is 0 Å². The molecule has 0 radical (unpaired) electrons. The molecule has 5 heteroatoms. The molecule has 1 aliphatic heterocycles. The molecular weight excluding hydrogens is 234 g/mol. The van der Waals surface area contributed by atoms with Gasteiger partial charge in [0.2, 0.25) is 0 Å². The molecule has 0 atom stereocenters. The topological polar surface area (TPSA) is 3.24 Å². The number of alkyl halides is 4. The minimum atomic E-state index is -3.91. The van der Waals surface area contributed by atoms with Crippen LogP contribution in [0.2, 0.25) is 0 Å². The van der Waals surface area contributed by atoms with E-state index in [9.17, 15) is 17.6 Å². The third-order valence-corrected chi connectivity index (χ3v) is 3.13. The summed E-state index contributed by atoms with van der Waals surface area (Å²) in [6.07, 6.45) is 0.589. The quantitative estimate of drug-likeness (QED) is 0.679. The number of hydrogen-bond acceptors (Lipinski definition) is 1. The van der Waals surface area contributed by atoms with E-state index >= 15 is 0 Å². The van der Waals surface area contributed by atoms with E-state index in [1.807, 2.05) is 20.8 Å². The number of nitrogens with zero attached hydrogens (tertiary/aromatic N) is 1. The Balaban J connectivity index is 2.83. The molecule has 1 aliphatic rings. The van der Waals surface area contributed by atoms with Crippen LogP contribution in [0.15, 0.2) is 0 Å². The molecule has 0 aromatic heterocycles. The molecule has 0 aromatic carbocycles. The molecule has 102 valence electrons.